The van der Waals surface area contributed by atoms with Crippen molar-refractivity contribution in [3.8, 4) is 11.5 Å². The second kappa shape index (κ2) is 5.41. The lowest BCUT2D eigenvalue weighted by atomic mass is 10.2. The Morgan fingerprint density at radius 2 is 2.06 bits per heavy atom. The van der Waals surface area contributed by atoms with Gasteiger partial charge in [-0.2, -0.15) is 0 Å². The predicted molar refractivity (Wildman–Crippen MR) is 73.0 cm³/mol. The molecule has 1 heterocycles. The van der Waals surface area contributed by atoms with Crippen LogP contribution < -0.4 is 5.32 Å². The summed E-state index contributed by atoms with van der Waals surface area (Å²) in [6.07, 6.45) is 0. The fourth-order valence-electron chi connectivity index (χ4n) is 1.38. The molecule has 0 bridgehead atoms. The van der Waals surface area contributed by atoms with E-state index in [0.29, 0.717) is 12.1 Å². The van der Waals surface area contributed by atoms with E-state index in [1.54, 1.807) is 11.3 Å². The first kappa shape index (κ1) is 12.9. The average molecular weight is 328 g/mol. The molecule has 94 valence electrons. The highest BCUT2D eigenvalue weighted by molar-refractivity contribution is 9.10. The number of amides is 1. The molecule has 6 heteroatoms. The lowest BCUT2D eigenvalue weighted by Crippen LogP contribution is -2.22. The quantitative estimate of drug-likeness (QED) is 0.759. The highest BCUT2D eigenvalue weighted by Gasteiger charge is 2.08. The summed E-state index contributed by atoms with van der Waals surface area (Å²) in [6.45, 7) is 0.427. The van der Waals surface area contributed by atoms with Gasteiger partial charge in [-0.05, 0) is 40.2 Å². The number of phenols is 2. The lowest BCUT2D eigenvalue weighted by Gasteiger charge is -2.04. The van der Waals surface area contributed by atoms with Crippen molar-refractivity contribution in [1.29, 1.82) is 0 Å². The first-order chi connectivity index (χ1) is 8.56. The lowest BCUT2D eigenvalue weighted by molar-refractivity contribution is 0.0951. The minimum absolute atomic E-state index is 0.242. The molecule has 1 aromatic carbocycles. The molecule has 0 aliphatic rings. The van der Waals surface area contributed by atoms with Crippen LogP contribution in [0.25, 0.3) is 0 Å². The molecule has 18 heavy (non-hydrogen) atoms. The summed E-state index contributed by atoms with van der Waals surface area (Å²) in [5, 5.41) is 23.1. The number of halogens is 1. The molecule has 0 unspecified atom stereocenters. The molecular weight excluding hydrogens is 318 g/mol. The van der Waals surface area contributed by atoms with E-state index >= 15 is 0 Å². The van der Waals surface area contributed by atoms with E-state index in [9.17, 15) is 9.90 Å². The van der Waals surface area contributed by atoms with Crippen molar-refractivity contribution in [1.82, 2.24) is 5.32 Å². The molecule has 0 aliphatic carbocycles. The summed E-state index contributed by atoms with van der Waals surface area (Å²) >= 11 is 4.88. The third kappa shape index (κ3) is 3.02. The van der Waals surface area contributed by atoms with Crippen LogP contribution in [-0.2, 0) is 6.54 Å². The number of carbonyl (C=O) groups excluding carboxylic acids is 1. The van der Waals surface area contributed by atoms with Crippen LogP contribution in [0.4, 0.5) is 0 Å². The summed E-state index contributed by atoms with van der Waals surface area (Å²) in [4.78, 5) is 12.8. The summed E-state index contributed by atoms with van der Waals surface area (Å²) in [5.41, 5.74) is 0.306. The maximum absolute atomic E-state index is 11.8. The molecule has 0 saturated heterocycles. The van der Waals surface area contributed by atoms with Gasteiger partial charge in [-0.15, -0.1) is 11.3 Å². The van der Waals surface area contributed by atoms with Gasteiger partial charge in [-0.1, -0.05) is 0 Å². The fourth-order valence-corrected chi connectivity index (χ4v) is 2.77. The van der Waals surface area contributed by atoms with Crippen molar-refractivity contribution in [2.75, 3.05) is 0 Å². The molecular formula is C12H10BrNO3S. The van der Waals surface area contributed by atoms with Crippen LogP contribution in [0.2, 0.25) is 0 Å². The van der Waals surface area contributed by atoms with Crippen molar-refractivity contribution in [3.05, 3.63) is 44.6 Å². The Bertz CT molecular complexity index is 582. The van der Waals surface area contributed by atoms with Crippen LogP contribution in [0.5, 0.6) is 11.5 Å². The van der Waals surface area contributed by atoms with E-state index in [4.69, 9.17) is 5.11 Å². The SMILES string of the molecule is O=C(NCc1cc(Br)cs1)c1ccc(O)c(O)c1. The Morgan fingerprint density at radius 1 is 1.28 bits per heavy atom. The fraction of sp³-hybridized carbons (Fsp3) is 0.0833. The van der Waals surface area contributed by atoms with Crippen LogP contribution >= 0.6 is 27.3 Å². The highest BCUT2D eigenvalue weighted by Crippen LogP contribution is 2.25. The van der Waals surface area contributed by atoms with Gasteiger partial charge in [-0.3, -0.25) is 4.79 Å². The Balaban J connectivity index is 2.01. The zero-order chi connectivity index (χ0) is 13.1. The topological polar surface area (TPSA) is 69.6 Å². The number of hydrogen-bond acceptors (Lipinski definition) is 4. The van der Waals surface area contributed by atoms with Gasteiger partial charge in [0, 0.05) is 20.3 Å². The molecule has 0 fully saturated rings. The van der Waals surface area contributed by atoms with Crippen LogP contribution in [0.3, 0.4) is 0 Å². The highest BCUT2D eigenvalue weighted by atomic mass is 79.9. The zero-order valence-electron chi connectivity index (χ0n) is 9.18. The number of carbonyl (C=O) groups is 1. The number of benzene rings is 1. The van der Waals surface area contributed by atoms with E-state index in [1.165, 1.54) is 18.2 Å². The third-order valence-corrected chi connectivity index (χ3v) is 3.98. The molecule has 4 nitrogen and oxygen atoms in total. The van der Waals surface area contributed by atoms with Gasteiger partial charge in [0.1, 0.15) is 0 Å². The molecule has 1 aromatic heterocycles. The summed E-state index contributed by atoms with van der Waals surface area (Å²) < 4.78 is 0.985. The summed E-state index contributed by atoms with van der Waals surface area (Å²) in [7, 11) is 0. The van der Waals surface area contributed by atoms with Crippen molar-refractivity contribution in [2.24, 2.45) is 0 Å². The van der Waals surface area contributed by atoms with E-state index in [1.807, 2.05) is 11.4 Å². The average Bonchev–Trinajstić information content (AvgIpc) is 2.75. The molecule has 0 atom stereocenters. The Labute approximate surface area is 116 Å². The van der Waals surface area contributed by atoms with E-state index in [2.05, 4.69) is 21.2 Å². The van der Waals surface area contributed by atoms with E-state index < -0.39 is 0 Å². The van der Waals surface area contributed by atoms with Crippen molar-refractivity contribution < 1.29 is 15.0 Å². The van der Waals surface area contributed by atoms with Gasteiger partial charge in [0.2, 0.25) is 0 Å². The van der Waals surface area contributed by atoms with E-state index in [-0.39, 0.29) is 17.4 Å². The van der Waals surface area contributed by atoms with Gasteiger partial charge in [0.15, 0.2) is 11.5 Å². The van der Waals surface area contributed by atoms with Gasteiger partial charge in [0.25, 0.3) is 5.91 Å². The molecule has 1 amide bonds. The molecule has 0 spiro atoms. The second-order valence-electron chi connectivity index (χ2n) is 3.62. The normalized spacial score (nSPS) is 10.3. The molecule has 2 aromatic rings. The zero-order valence-corrected chi connectivity index (χ0v) is 11.6. The Morgan fingerprint density at radius 3 is 2.67 bits per heavy atom. The van der Waals surface area contributed by atoms with Gasteiger partial charge in [-0.25, -0.2) is 0 Å². The summed E-state index contributed by atoms with van der Waals surface area (Å²) in [6, 6.07) is 5.90. The molecule has 2 rings (SSSR count). The largest absolute Gasteiger partial charge is 0.504 e. The molecule has 0 radical (unpaired) electrons. The first-order valence-corrected chi connectivity index (χ1v) is 6.76. The molecule has 3 N–H and O–H groups in total. The Hall–Kier alpha value is -1.53. The van der Waals surface area contributed by atoms with Gasteiger partial charge >= 0.3 is 0 Å². The maximum atomic E-state index is 11.8. The van der Waals surface area contributed by atoms with Crippen molar-refractivity contribution in [2.45, 2.75) is 6.54 Å². The number of thiophene rings is 1. The van der Waals surface area contributed by atoms with Crippen LogP contribution in [0.1, 0.15) is 15.2 Å². The Kier molecular flexibility index (Phi) is 3.88. The predicted octanol–water partition coefficient (Wildman–Crippen LogP) is 2.85. The third-order valence-electron chi connectivity index (χ3n) is 2.28. The number of aromatic hydroxyl groups is 2. The van der Waals surface area contributed by atoms with Gasteiger partial charge < -0.3 is 15.5 Å². The number of phenolic OH excluding ortho intramolecular Hbond substituents is 2. The smallest absolute Gasteiger partial charge is 0.251 e. The number of rotatable bonds is 3. The molecule has 0 aliphatic heterocycles. The minimum atomic E-state index is -0.304. The van der Waals surface area contributed by atoms with Crippen LogP contribution in [0.15, 0.2) is 34.1 Å². The van der Waals surface area contributed by atoms with Gasteiger partial charge in [0.05, 0.1) is 6.54 Å². The summed E-state index contributed by atoms with van der Waals surface area (Å²) in [5.74, 6) is -0.843. The monoisotopic (exact) mass is 327 g/mol. The standard InChI is InChI=1S/C12H10BrNO3S/c13-8-4-9(18-6-8)5-14-12(17)7-1-2-10(15)11(16)3-7/h1-4,6,15-16H,5H2,(H,14,17). The van der Waals surface area contributed by atoms with Crippen molar-refractivity contribution in [3.63, 3.8) is 0 Å². The first-order valence-electron chi connectivity index (χ1n) is 5.09. The van der Waals surface area contributed by atoms with E-state index in [0.717, 1.165) is 9.35 Å². The van der Waals surface area contributed by atoms with Crippen LogP contribution in [0, 0.1) is 0 Å². The second-order valence-corrected chi connectivity index (χ2v) is 5.53. The maximum Gasteiger partial charge on any atom is 0.251 e. The minimum Gasteiger partial charge on any atom is -0.504 e. The number of hydrogen-bond donors (Lipinski definition) is 3. The number of nitrogens with one attached hydrogen (secondary N) is 1. The van der Waals surface area contributed by atoms with Crippen molar-refractivity contribution >= 4 is 33.2 Å². The van der Waals surface area contributed by atoms with Crippen LogP contribution in [-0.4, -0.2) is 16.1 Å². The molecule has 0 saturated carbocycles.